The van der Waals surface area contributed by atoms with Crippen molar-refractivity contribution in [3.05, 3.63) is 46.7 Å². The van der Waals surface area contributed by atoms with Gasteiger partial charge in [-0.25, -0.2) is 0 Å². The Balaban J connectivity index is 1.75. The molecule has 0 amide bonds. The molecule has 2 aromatic rings. The Hall–Kier alpha value is -1.52. The highest BCUT2D eigenvalue weighted by atomic mass is 32.1. The maximum Gasteiger partial charge on any atom is 0.161 e. The summed E-state index contributed by atoms with van der Waals surface area (Å²) in [7, 11) is 1.65. The molecule has 0 aliphatic rings. The molecule has 1 N–H and O–H groups in total. The van der Waals surface area contributed by atoms with Gasteiger partial charge in [-0.2, -0.15) is 0 Å². The third kappa shape index (κ3) is 3.98. The zero-order valence-corrected chi connectivity index (χ0v) is 12.1. The van der Waals surface area contributed by atoms with Crippen LogP contribution in [0.2, 0.25) is 0 Å². The van der Waals surface area contributed by atoms with E-state index in [-0.39, 0.29) is 0 Å². The monoisotopic (exact) mass is 277 g/mol. The molecule has 102 valence electrons. The van der Waals surface area contributed by atoms with Crippen molar-refractivity contribution in [2.45, 2.75) is 13.0 Å². The van der Waals surface area contributed by atoms with E-state index in [1.54, 1.807) is 18.4 Å². The largest absolute Gasteiger partial charge is 0.493 e. The molecule has 0 unspecified atom stereocenters. The number of para-hydroxylation sites is 2. The standard InChI is InChI=1S/C15H19NO2S/c1-12(15-8-5-11-19-15)16-9-10-18-14-7-4-3-6-13(14)17-2/h3-8,11-12,16H,9-10H2,1-2H3/t12-/m0/s1. The fourth-order valence-corrected chi connectivity index (χ4v) is 2.57. The fourth-order valence-electron chi connectivity index (χ4n) is 1.81. The molecule has 0 radical (unpaired) electrons. The minimum atomic E-state index is 0.362. The zero-order valence-electron chi connectivity index (χ0n) is 11.3. The van der Waals surface area contributed by atoms with Crippen LogP contribution >= 0.6 is 11.3 Å². The summed E-state index contributed by atoms with van der Waals surface area (Å²) in [5.74, 6) is 1.56. The number of nitrogens with one attached hydrogen (secondary N) is 1. The lowest BCUT2D eigenvalue weighted by Crippen LogP contribution is -2.23. The number of methoxy groups -OCH3 is 1. The maximum atomic E-state index is 5.71. The van der Waals surface area contributed by atoms with E-state index >= 15 is 0 Å². The van der Waals surface area contributed by atoms with Crippen LogP contribution < -0.4 is 14.8 Å². The third-order valence-electron chi connectivity index (χ3n) is 2.85. The highest BCUT2D eigenvalue weighted by molar-refractivity contribution is 7.10. The second kappa shape index (κ2) is 7.16. The van der Waals surface area contributed by atoms with Gasteiger partial charge in [0.2, 0.25) is 0 Å². The normalized spacial score (nSPS) is 12.1. The number of benzene rings is 1. The van der Waals surface area contributed by atoms with Gasteiger partial charge in [-0.1, -0.05) is 18.2 Å². The first-order valence-corrected chi connectivity index (χ1v) is 7.22. The molecular formula is C15H19NO2S. The summed E-state index contributed by atoms with van der Waals surface area (Å²) in [4.78, 5) is 1.34. The van der Waals surface area contributed by atoms with Crippen LogP contribution in [-0.2, 0) is 0 Å². The molecule has 1 aromatic carbocycles. The SMILES string of the molecule is COc1ccccc1OCCN[C@@H](C)c1cccs1. The molecule has 0 bridgehead atoms. The molecule has 1 heterocycles. The van der Waals surface area contributed by atoms with Gasteiger partial charge in [-0.15, -0.1) is 11.3 Å². The molecule has 0 aliphatic heterocycles. The molecule has 1 atom stereocenters. The fraction of sp³-hybridized carbons (Fsp3) is 0.333. The summed E-state index contributed by atoms with van der Waals surface area (Å²) in [6.45, 7) is 3.59. The lowest BCUT2D eigenvalue weighted by molar-refractivity contribution is 0.288. The van der Waals surface area contributed by atoms with Crippen LogP contribution in [0.5, 0.6) is 11.5 Å². The topological polar surface area (TPSA) is 30.5 Å². The number of hydrogen-bond donors (Lipinski definition) is 1. The average Bonchev–Trinajstić information content (AvgIpc) is 2.98. The van der Waals surface area contributed by atoms with Gasteiger partial charge in [0.25, 0.3) is 0 Å². The number of hydrogen-bond acceptors (Lipinski definition) is 4. The summed E-state index contributed by atoms with van der Waals surface area (Å²) in [6, 6.07) is 12.3. The summed E-state index contributed by atoms with van der Waals surface area (Å²) < 4.78 is 11.0. The first-order chi connectivity index (χ1) is 9.31. The van der Waals surface area contributed by atoms with Gasteiger partial charge >= 0.3 is 0 Å². The zero-order chi connectivity index (χ0) is 13.5. The maximum absolute atomic E-state index is 5.71. The molecule has 0 aliphatic carbocycles. The molecule has 0 saturated heterocycles. The van der Waals surface area contributed by atoms with E-state index in [2.05, 4.69) is 29.8 Å². The Morgan fingerprint density at radius 3 is 2.63 bits per heavy atom. The summed E-state index contributed by atoms with van der Waals surface area (Å²) in [6.07, 6.45) is 0. The van der Waals surface area contributed by atoms with Gasteiger partial charge in [-0.05, 0) is 30.5 Å². The quantitative estimate of drug-likeness (QED) is 0.786. The van der Waals surface area contributed by atoms with Gasteiger partial charge in [0, 0.05) is 17.5 Å². The van der Waals surface area contributed by atoms with Crippen molar-refractivity contribution in [3.63, 3.8) is 0 Å². The predicted molar refractivity (Wildman–Crippen MR) is 79.2 cm³/mol. The molecule has 1 aromatic heterocycles. The average molecular weight is 277 g/mol. The lowest BCUT2D eigenvalue weighted by Gasteiger charge is -2.14. The van der Waals surface area contributed by atoms with Gasteiger partial charge < -0.3 is 14.8 Å². The van der Waals surface area contributed by atoms with Crippen molar-refractivity contribution >= 4 is 11.3 Å². The summed E-state index contributed by atoms with van der Waals surface area (Å²) in [5.41, 5.74) is 0. The van der Waals surface area contributed by atoms with Crippen LogP contribution in [0.25, 0.3) is 0 Å². The minimum Gasteiger partial charge on any atom is -0.493 e. The second-order valence-electron chi connectivity index (χ2n) is 4.19. The van der Waals surface area contributed by atoms with E-state index < -0.39 is 0 Å². The molecule has 3 nitrogen and oxygen atoms in total. The van der Waals surface area contributed by atoms with Gasteiger partial charge in [-0.3, -0.25) is 0 Å². The second-order valence-corrected chi connectivity index (χ2v) is 5.17. The Labute approximate surface area is 118 Å². The minimum absolute atomic E-state index is 0.362. The van der Waals surface area contributed by atoms with Gasteiger partial charge in [0.1, 0.15) is 6.61 Å². The number of ether oxygens (including phenoxy) is 2. The van der Waals surface area contributed by atoms with Crippen molar-refractivity contribution < 1.29 is 9.47 Å². The van der Waals surface area contributed by atoms with Crippen molar-refractivity contribution in [2.24, 2.45) is 0 Å². The molecule has 0 saturated carbocycles. The Kier molecular flexibility index (Phi) is 5.24. The number of rotatable bonds is 7. The molecule has 2 rings (SSSR count). The Morgan fingerprint density at radius 2 is 1.95 bits per heavy atom. The highest BCUT2D eigenvalue weighted by Crippen LogP contribution is 2.25. The predicted octanol–water partition coefficient (Wildman–Crippen LogP) is 3.49. The summed E-state index contributed by atoms with van der Waals surface area (Å²) >= 11 is 1.77. The smallest absolute Gasteiger partial charge is 0.161 e. The van der Waals surface area contributed by atoms with Gasteiger partial charge in [0.15, 0.2) is 11.5 Å². The van der Waals surface area contributed by atoms with Crippen molar-refractivity contribution in [3.8, 4) is 11.5 Å². The summed E-state index contributed by atoms with van der Waals surface area (Å²) in [5, 5.41) is 5.53. The molecule has 0 spiro atoms. The van der Waals surface area contributed by atoms with Gasteiger partial charge in [0.05, 0.1) is 7.11 Å². The Bertz CT molecular complexity index is 485. The van der Waals surface area contributed by atoms with E-state index in [0.29, 0.717) is 12.6 Å². The van der Waals surface area contributed by atoms with E-state index in [4.69, 9.17) is 9.47 Å². The van der Waals surface area contributed by atoms with Crippen molar-refractivity contribution in [1.29, 1.82) is 0 Å². The molecule has 0 fully saturated rings. The van der Waals surface area contributed by atoms with Crippen molar-refractivity contribution in [1.82, 2.24) is 5.32 Å². The first-order valence-electron chi connectivity index (χ1n) is 6.34. The first kappa shape index (κ1) is 13.9. The third-order valence-corrected chi connectivity index (χ3v) is 3.90. The van der Waals surface area contributed by atoms with Crippen LogP contribution in [-0.4, -0.2) is 20.3 Å². The van der Waals surface area contributed by atoms with Crippen LogP contribution in [0.1, 0.15) is 17.8 Å². The van der Waals surface area contributed by atoms with Crippen LogP contribution in [0.3, 0.4) is 0 Å². The van der Waals surface area contributed by atoms with Crippen molar-refractivity contribution in [2.75, 3.05) is 20.3 Å². The highest BCUT2D eigenvalue weighted by Gasteiger charge is 2.06. The van der Waals surface area contributed by atoms with E-state index in [9.17, 15) is 0 Å². The van der Waals surface area contributed by atoms with Crippen LogP contribution in [0.15, 0.2) is 41.8 Å². The van der Waals surface area contributed by atoms with E-state index in [1.165, 1.54) is 4.88 Å². The lowest BCUT2D eigenvalue weighted by atomic mass is 10.3. The molecule has 19 heavy (non-hydrogen) atoms. The Morgan fingerprint density at radius 1 is 1.16 bits per heavy atom. The van der Waals surface area contributed by atoms with E-state index in [0.717, 1.165) is 18.0 Å². The van der Waals surface area contributed by atoms with E-state index in [1.807, 2.05) is 24.3 Å². The van der Waals surface area contributed by atoms with Crippen LogP contribution in [0, 0.1) is 0 Å². The molecular weight excluding hydrogens is 258 g/mol. The molecule has 4 heteroatoms. The number of thiophene rings is 1. The van der Waals surface area contributed by atoms with Crippen LogP contribution in [0.4, 0.5) is 0 Å².